The minimum absolute atomic E-state index is 0.246. The van der Waals surface area contributed by atoms with Crippen molar-refractivity contribution in [3.05, 3.63) is 42.0 Å². The first-order valence-electron chi connectivity index (χ1n) is 4.52. The second-order valence-electron chi connectivity index (χ2n) is 3.24. The van der Waals surface area contributed by atoms with E-state index in [1.807, 2.05) is 24.3 Å². The van der Waals surface area contributed by atoms with E-state index in [4.69, 9.17) is 15.3 Å². The van der Waals surface area contributed by atoms with E-state index >= 15 is 0 Å². The van der Waals surface area contributed by atoms with Gasteiger partial charge < -0.3 is 10.0 Å². The van der Waals surface area contributed by atoms with Crippen LogP contribution in [0.3, 0.4) is 0 Å². The molecule has 0 spiro atoms. The zero-order valence-electron chi connectivity index (χ0n) is 7.88. The van der Waals surface area contributed by atoms with Gasteiger partial charge in [0.05, 0.1) is 11.6 Å². The number of nitriles is 1. The number of hydrogen-bond acceptors (Lipinski definition) is 3. The van der Waals surface area contributed by atoms with E-state index in [9.17, 15) is 0 Å². The number of benzene rings is 2. The number of fused-ring (bicyclic) bond motifs is 1. The third-order valence-corrected chi connectivity index (χ3v) is 2.35. The highest BCUT2D eigenvalue weighted by molar-refractivity contribution is 6.59. The topological polar surface area (TPSA) is 64.2 Å². The van der Waals surface area contributed by atoms with E-state index in [0.717, 1.165) is 10.8 Å². The lowest BCUT2D eigenvalue weighted by Gasteiger charge is -2.05. The minimum Gasteiger partial charge on any atom is -0.423 e. The monoisotopic (exact) mass is 197 g/mol. The van der Waals surface area contributed by atoms with E-state index in [0.29, 0.717) is 5.56 Å². The van der Waals surface area contributed by atoms with Crippen molar-refractivity contribution in [2.75, 3.05) is 0 Å². The van der Waals surface area contributed by atoms with Crippen molar-refractivity contribution in [3.8, 4) is 6.07 Å². The normalized spacial score (nSPS) is 9.93. The highest BCUT2D eigenvalue weighted by atomic mass is 16.4. The number of nitrogens with zero attached hydrogens (tertiary/aromatic N) is 1. The van der Waals surface area contributed by atoms with Crippen molar-refractivity contribution in [1.82, 2.24) is 0 Å². The largest absolute Gasteiger partial charge is 0.489 e. The SMILES string of the molecule is N#Cc1c(B(O)O)ccc2ccccc12. The first kappa shape index (κ1) is 9.72. The number of hydrogen-bond donors (Lipinski definition) is 2. The molecular weight excluding hydrogens is 189 g/mol. The van der Waals surface area contributed by atoms with Crippen LogP contribution in [0.5, 0.6) is 0 Å². The molecule has 2 rings (SSSR count). The van der Waals surface area contributed by atoms with Crippen molar-refractivity contribution in [1.29, 1.82) is 5.26 Å². The second-order valence-corrected chi connectivity index (χ2v) is 3.24. The van der Waals surface area contributed by atoms with Gasteiger partial charge in [0.1, 0.15) is 0 Å². The van der Waals surface area contributed by atoms with Crippen LogP contribution in [0.25, 0.3) is 10.8 Å². The maximum Gasteiger partial charge on any atom is 0.489 e. The van der Waals surface area contributed by atoms with E-state index in [1.54, 1.807) is 18.2 Å². The van der Waals surface area contributed by atoms with Crippen molar-refractivity contribution in [2.24, 2.45) is 0 Å². The van der Waals surface area contributed by atoms with Gasteiger partial charge in [0.25, 0.3) is 0 Å². The van der Waals surface area contributed by atoms with Crippen LogP contribution < -0.4 is 5.46 Å². The third kappa shape index (κ3) is 1.59. The smallest absolute Gasteiger partial charge is 0.423 e. The van der Waals surface area contributed by atoms with Gasteiger partial charge in [-0.05, 0) is 10.8 Å². The van der Waals surface area contributed by atoms with Gasteiger partial charge in [0, 0.05) is 5.46 Å². The Labute approximate surface area is 87.4 Å². The molecule has 0 aliphatic carbocycles. The van der Waals surface area contributed by atoms with Gasteiger partial charge in [-0.1, -0.05) is 36.4 Å². The van der Waals surface area contributed by atoms with E-state index < -0.39 is 7.12 Å². The van der Waals surface area contributed by atoms with Gasteiger partial charge in [-0.15, -0.1) is 0 Å². The molecule has 0 aromatic heterocycles. The van der Waals surface area contributed by atoms with Crippen LogP contribution in [0, 0.1) is 11.3 Å². The third-order valence-electron chi connectivity index (χ3n) is 2.35. The van der Waals surface area contributed by atoms with Gasteiger partial charge in [0.2, 0.25) is 0 Å². The van der Waals surface area contributed by atoms with Gasteiger partial charge >= 0.3 is 7.12 Å². The second kappa shape index (κ2) is 3.74. The summed E-state index contributed by atoms with van der Waals surface area (Å²) in [5.74, 6) is 0. The molecule has 72 valence electrons. The molecule has 0 aliphatic rings. The lowest BCUT2D eigenvalue weighted by Crippen LogP contribution is -2.32. The highest BCUT2D eigenvalue weighted by Crippen LogP contribution is 2.16. The summed E-state index contributed by atoms with van der Waals surface area (Å²) in [5, 5.41) is 28.8. The molecule has 2 aromatic carbocycles. The molecule has 4 heteroatoms. The predicted molar refractivity (Wildman–Crippen MR) is 58.5 cm³/mol. The Morgan fingerprint density at radius 1 is 1.07 bits per heavy atom. The average Bonchev–Trinajstić information content (AvgIpc) is 2.27. The average molecular weight is 197 g/mol. The Balaban J connectivity index is 2.83. The summed E-state index contributed by atoms with van der Waals surface area (Å²) >= 11 is 0. The molecule has 0 saturated heterocycles. The summed E-state index contributed by atoms with van der Waals surface area (Å²) in [6.07, 6.45) is 0. The van der Waals surface area contributed by atoms with Crippen LogP contribution >= 0.6 is 0 Å². The van der Waals surface area contributed by atoms with Gasteiger partial charge in [-0.3, -0.25) is 0 Å². The summed E-state index contributed by atoms with van der Waals surface area (Å²) in [6.45, 7) is 0. The fourth-order valence-corrected chi connectivity index (χ4v) is 1.63. The van der Waals surface area contributed by atoms with Gasteiger partial charge in [0.15, 0.2) is 0 Å². The Morgan fingerprint density at radius 3 is 2.47 bits per heavy atom. The van der Waals surface area contributed by atoms with Crippen LogP contribution in [-0.4, -0.2) is 17.2 Å². The fraction of sp³-hybridized carbons (Fsp3) is 0. The van der Waals surface area contributed by atoms with Gasteiger partial charge in [-0.2, -0.15) is 5.26 Å². The predicted octanol–water partition coefficient (Wildman–Crippen LogP) is 0.391. The Bertz CT molecular complexity index is 546. The van der Waals surface area contributed by atoms with Crippen LogP contribution in [-0.2, 0) is 0 Å². The summed E-state index contributed by atoms with van der Waals surface area (Å²) in [7, 11) is -1.61. The maximum atomic E-state index is 9.10. The van der Waals surface area contributed by atoms with Crippen molar-refractivity contribution < 1.29 is 10.0 Å². The van der Waals surface area contributed by atoms with Crippen LogP contribution in [0.2, 0.25) is 0 Å². The van der Waals surface area contributed by atoms with Crippen LogP contribution in [0.4, 0.5) is 0 Å². The van der Waals surface area contributed by atoms with E-state index in [2.05, 4.69) is 0 Å². The zero-order valence-corrected chi connectivity index (χ0v) is 7.88. The standard InChI is InChI=1S/C11H8BNO2/c13-7-10-9-4-2-1-3-8(9)5-6-11(10)12(14)15/h1-6,14-15H. The highest BCUT2D eigenvalue weighted by Gasteiger charge is 2.17. The molecular formula is C11H8BNO2. The molecule has 0 fully saturated rings. The molecule has 3 nitrogen and oxygen atoms in total. The lowest BCUT2D eigenvalue weighted by atomic mass is 9.76. The first-order chi connectivity index (χ1) is 7.24. The van der Waals surface area contributed by atoms with Gasteiger partial charge in [-0.25, -0.2) is 0 Å². The summed E-state index contributed by atoms with van der Waals surface area (Å²) in [4.78, 5) is 0. The molecule has 2 N–H and O–H groups in total. The Kier molecular flexibility index (Phi) is 2.42. The van der Waals surface area contributed by atoms with Crippen molar-refractivity contribution in [3.63, 3.8) is 0 Å². The maximum absolute atomic E-state index is 9.10. The van der Waals surface area contributed by atoms with Crippen molar-refractivity contribution >= 4 is 23.4 Å². The van der Waals surface area contributed by atoms with E-state index in [1.165, 1.54) is 0 Å². The molecule has 0 bridgehead atoms. The number of rotatable bonds is 1. The summed E-state index contributed by atoms with van der Waals surface area (Å²) in [5.41, 5.74) is 0.569. The van der Waals surface area contributed by atoms with E-state index in [-0.39, 0.29) is 5.46 Å². The molecule has 0 atom stereocenters. The molecule has 0 aliphatic heterocycles. The molecule has 0 heterocycles. The Hall–Kier alpha value is -1.83. The fourth-order valence-electron chi connectivity index (χ4n) is 1.63. The molecule has 15 heavy (non-hydrogen) atoms. The van der Waals surface area contributed by atoms with Crippen LogP contribution in [0.1, 0.15) is 5.56 Å². The molecule has 0 saturated carbocycles. The molecule has 0 radical (unpaired) electrons. The lowest BCUT2D eigenvalue weighted by molar-refractivity contribution is 0.425. The summed E-state index contributed by atoms with van der Waals surface area (Å²) in [6, 6.07) is 12.7. The Morgan fingerprint density at radius 2 is 1.80 bits per heavy atom. The first-order valence-corrected chi connectivity index (χ1v) is 4.52. The molecule has 2 aromatic rings. The van der Waals surface area contributed by atoms with Crippen LogP contribution in [0.15, 0.2) is 36.4 Å². The zero-order chi connectivity index (χ0) is 10.8. The molecule has 0 unspecified atom stereocenters. The molecule has 0 amide bonds. The minimum atomic E-state index is -1.61. The quantitative estimate of drug-likeness (QED) is 0.650. The van der Waals surface area contributed by atoms with Crippen molar-refractivity contribution in [2.45, 2.75) is 0 Å². The summed E-state index contributed by atoms with van der Waals surface area (Å²) < 4.78 is 0.